The largest absolute Gasteiger partial charge is 0.342 e. The highest BCUT2D eigenvalue weighted by molar-refractivity contribution is 5.95. The van der Waals surface area contributed by atoms with Crippen LogP contribution >= 0.6 is 0 Å². The lowest BCUT2D eigenvalue weighted by atomic mass is 9.96. The molecule has 0 spiro atoms. The quantitative estimate of drug-likeness (QED) is 0.565. The number of likely N-dealkylation sites (tertiary alicyclic amines) is 1. The molecule has 2 aromatic carbocycles. The standard InChI is InChI=1S/C20H20N4O3/c1-13-8-9-14(11-18(13)24(26)27)20(25)23-10-4-5-15(12-23)19-21-16-6-2-3-7-17(16)22-19/h2-3,6-9,11,15H,4-5,10,12H2,1H3,(H,21,22). The molecule has 1 aliphatic heterocycles. The minimum atomic E-state index is -0.445. The van der Waals surface area contributed by atoms with Crippen molar-refractivity contribution in [1.29, 1.82) is 0 Å². The number of rotatable bonds is 3. The number of benzene rings is 2. The highest BCUT2D eigenvalue weighted by Crippen LogP contribution is 2.28. The number of piperidine rings is 1. The third-order valence-corrected chi connectivity index (χ3v) is 5.16. The van der Waals surface area contributed by atoms with Gasteiger partial charge in [-0.2, -0.15) is 0 Å². The smallest absolute Gasteiger partial charge is 0.273 e. The molecule has 7 nitrogen and oxygen atoms in total. The molecule has 0 bridgehead atoms. The van der Waals surface area contributed by atoms with E-state index in [2.05, 4.69) is 9.97 Å². The molecule has 2 heterocycles. The van der Waals surface area contributed by atoms with Crippen LogP contribution < -0.4 is 0 Å². The highest BCUT2D eigenvalue weighted by atomic mass is 16.6. The van der Waals surface area contributed by atoms with E-state index in [0.29, 0.717) is 24.2 Å². The zero-order valence-corrected chi connectivity index (χ0v) is 15.0. The molecule has 4 rings (SSSR count). The summed E-state index contributed by atoms with van der Waals surface area (Å²) < 4.78 is 0. The van der Waals surface area contributed by atoms with Crippen LogP contribution in [0, 0.1) is 17.0 Å². The monoisotopic (exact) mass is 364 g/mol. The summed E-state index contributed by atoms with van der Waals surface area (Å²) in [5.74, 6) is 0.859. The summed E-state index contributed by atoms with van der Waals surface area (Å²) in [7, 11) is 0. The first kappa shape index (κ1) is 17.2. The molecule has 1 N–H and O–H groups in total. The lowest BCUT2D eigenvalue weighted by Gasteiger charge is -2.32. The number of nitro groups is 1. The lowest BCUT2D eigenvalue weighted by Crippen LogP contribution is -2.39. The second-order valence-electron chi connectivity index (χ2n) is 6.99. The van der Waals surface area contributed by atoms with Crippen molar-refractivity contribution in [3.05, 3.63) is 69.5 Å². The fourth-order valence-electron chi connectivity index (χ4n) is 3.67. The van der Waals surface area contributed by atoms with E-state index < -0.39 is 4.92 Å². The van der Waals surface area contributed by atoms with Crippen LogP contribution in [-0.2, 0) is 0 Å². The van der Waals surface area contributed by atoms with E-state index in [9.17, 15) is 14.9 Å². The number of para-hydroxylation sites is 2. The van der Waals surface area contributed by atoms with Gasteiger partial charge in [-0.15, -0.1) is 0 Å². The van der Waals surface area contributed by atoms with Gasteiger partial charge in [0.15, 0.2) is 0 Å². The number of nitro benzene ring substituents is 1. The fraction of sp³-hybridized carbons (Fsp3) is 0.300. The molecule has 3 aromatic rings. The summed E-state index contributed by atoms with van der Waals surface area (Å²) in [6.45, 7) is 2.88. The van der Waals surface area contributed by atoms with Crippen molar-refractivity contribution < 1.29 is 9.72 Å². The van der Waals surface area contributed by atoms with Crippen molar-refractivity contribution in [3.8, 4) is 0 Å². The Bertz CT molecular complexity index is 994. The number of fused-ring (bicyclic) bond motifs is 1. The molecule has 1 amide bonds. The molecular formula is C20H20N4O3. The number of imidazole rings is 1. The van der Waals surface area contributed by atoms with Gasteiger partial charge in [0, 0.05) is 36.2 Å². The van der Waals surface area contributed by atoms with Gasteiger partial charge in [-0.3, -0.25) is 14.9 Å². The maximum atomic E-state index is 12.9. The minimum Gasteiger partial charge on any atom is -0.342 e. The topological polar surface area (TPSA) is 92.1 Å². The molecule has 138 valence electrons. The Balaban J connectivity index is 1.56. The summed E-state index contributed by atoms with van der Waals surface area (Å²) >= 11 is 0. The van der Waals surface area contributed by atoms with Crippen LogP contribution in [0.15, 0.2) is 42.5 Å². The Morgan fingerprint density at radius 1 is 1.30 bits per heavy atom. The number of aromatic amines is 1. The number of carbonyl (C=O) groups is 1. The van der Waals surface area contributed by atoms with E-state index in [1.54, 1.807) is 24.0 Å². The van der Waals surface area contributed by atoms with Gasteiger partial charge in [-0.05, 0) is 38.0 Å². The highest BCUT2D eigenvalue weighted by Gasteiger charge is 2.28. The first-order valence-electron chi connectivity index (χ1n) is 9.02. The maximum absolute atomic E-state index is 12.9. The number of aromatic nitrogens is 2. The van der Waals surface area contributed by atoms with Crippen LogP contribution in [0.3, 0.4) is 0 Å². The van der Waals surface area contributed by atoms with E-state index in [1.807, 2.05) is 24.3 Å². The summed E-state index contributed by atoms with van der Waals surface area (Å²) in [5.41, 5.74) is 2.80. The third kappa shape index (κ3) is 3.28. The molecule has 1 atom stereocenters. The number of nitrogens with zero attached hydrogens (tertiary/aromatic N) is 3. The molecule has 1 aromatic heterocycles. The van der Waals surface area contributed by atoms with Crippen molar-refractivity contribution in [2.75, 3.05) is 13.1 Å². The third-order valence-electron chi connectivity index (χ3n) is 5.16. The van der Waals surface area contributed by atoms with Crippen molar-refractivity contribution in [1.82, 2.24) is 14.9 Å². The second kappa shape index (κ2) is 6.83. The van der Waals surface area contributed by atoms with Gasteiger partial charge in [0.1, 0.15) is 5.82 Å². The Morgan fingerprint density at radius 2 is 2.11 bits per heavy atom. The number of nitrogens with one attached hydrogen (secondary N) is 1. The summed E-state index contributed by atoms with van der Waals surface area (Å²) in [6.07, 6.45) is 1.83. The molecule has 27 heavy (non-hydrogen) atoms. The van der Waals surface area contributed by atoms with Gasteiger partial charge >= 0.3 is 0 Å². The van der Waals surface area contributed by atoms with Crippen molar-refractivity contribution in [2.45, 2.75) is 25.7 Å². The molecule has 0 saturated carbocycles. The zero-order valence-electron chi connectivity index (χ0n) is 15.0. The van der Waals surface area contributed by atoms with Gasteiger partial charge in [0.2, 0.25) is 0 Å². The van der Waals surface area contributed by atoms with E-state index in [1.165, 1.54) is 6.07 Å². The molecule has 7 heteroatoms. The van der Waals surface area contributed by atoms with Gasteiger partial charge in [0.05, 0.1) is 16.0 Å². The number of hydrogen-bond donors (Lipinski definition) is 1. The lowest BCUT2D eigenvalue weighted by molar-refractivity contribution is -0.385. The number of amides is 1. The molecule has 1 fully saturated rings. The van der Waals surface area contributed by atoms with Gasteiger partial charge < -0.3 is 9.88 Å². The second-order valence-corrected chi connectivity index (χ2v) is 6.99. The normalized spacial score (nSPS) is 17.2. The predicted molar refractivity (Wildman–Crippen MR) is 102 cm³/mol. The average molecular weight is 364 g/mol. The Kier molecular flexibility index (Phi) is 4.35. The van der Waals surface area contributed by atoms with E-state index in [0.717, 1.165) is 29.7 Å². The molecule has 0 aliphatic carbocycles. The molecule has 0 radical (unpaired) electrons. The minimum absolute atomic E-state index is 0.0216. The van der Waals surface area contributed by atoms with Crippen LogP contribution in [-0.4, -0.2) is 38.8 Å². The van der Waals surface area contributed by atoms with E-state index in [-0.39, 0.29) is 17.5 Å². The first-order valence-corrected chi connectivity index (χ1v) is 9.02. The maximum Gasteiger partial charge on any atom is 0.273 e. The number of H-pyrrole nitrogens is 1. The Morgan fingerprint density at radius 3 is 2.89 bits per heavy atom. The average Bonchev–Trinajstić information content (AvgIpc) is 3.12. The number of carbonyl (C=O) groups excluding carboxylic acids is 1. The van der Waals surface area contributed by atoms with Crippen molar-refractivity contribution in [2.24, 2.45) is 0 Å². The van der Waals surface area contributed by atoms with Gasteiger partial charge in [-0.25, -0.2) is 4.98 Å². The molecule has 1 unspecified atom stereocenters. The predicted octanol–water partition coefficient (Wildman–Crippen LogP) is 3.80. The molecular weight excluding hydrogens is 344 g/mol. The van der Waals surface area contributed by atoms with E-state index >= 15 is 0 Å². The Hall–Kier alpha value is -3.22. The van der Waals surface area contributed by atoms with Crippen LogP contribution in [0.2, 0.25) is 0 Å². The van der Waals surface area contributed by atoms with Gasteiger partial charge in [0.25, 0.3) is 11.6 Å². The van der Waals surface area contributed by atoms with Gasteiger partial charge in [-0.1, -0.05) is 18.2 Å². The molecule has 1 saturated heterocycles. The van der Waals surface area contributed by atoms with Crippen molar-refractivity contribution >= 4 is 22.6 Å². The zero-order chi connectivity index (χ0) is 19.0. The summed E-state index contributed by atoms with van der Waals surface area (Å²) in [4.78, 5) is 33.4. The van der Waals surface area contributed by atoms with Crippen LogP contribution in [0.4, 0.5) is 5.69 Å². The number of hydrogen-bond acceptors (Lipinski definition) is 4. The SMILES string of the molecule is Cc1ccc(C(=O)N2CCCC(c3nc4ccccc4[nH]3)C2)cc1[N+](=O)[O-]. The molecule has 1 aliphatic rings. The fourth-order valence-corrected chi connectivity index (χ4v) is 3.67. The van der Waals surface area contributed by atoms with Crippen LogP contribution in [0.25, 0.3) is 11.0 Å². The van der Waals surface area contributed by atoms with Crippen LogP contribution in [0.1, 0.15) is 40.5 Å². The summed E-state index contributed by atoms with van der Waals surface area (Å²) in [5, 5.41) is 11.2. The van der Waals surface area contributed by atoms with E-state index in [4.69, 9.17) is 0 Å². The summed E-state index contributed by atoms with van der Waals surface area (Å²) in [6, 6.07) is 12.5. The Labute approximate surface area is 156 Å². The van der Waals surface area contributed by atoms with Crippen LogP contribution in [0.5, 0.6) is 0 Å². The first-order chi connectivity index (χ1) is 13.0. The number of aryl methyl sites for hydroxylation is 1. The van der Waals surface area contributed by atoms with Crippen molar-refractivity contribution in [3.63, 3.8) is 0 Å².